The number of hydrogen-bond donors (Lipinski definition) is 0. The standard InChI is InChI=1S/C24H23N3O2/c1-26-12-11-25-23(26)18-13-20-8-9-21(14-18)27(20)24(28)19-15-22(29-16-19)10-7-17-5-3-2-4-6-17/h2-6,11-12,15-16,18,20-21H,8-9,13-14H2,1H3/t18?,20-,21+. The van der Waals surface area contributed by atoms with E-state index in [0.717, 1.165) is 37.1 Å². The summed E-state index contributed by atoms with van der Waals surface area (Å²) < 4.78 is 7.66. The van der Waals surface area contributed by atoms with Crippen molar-refractivity contribution in [1.29, 1.82) is 0 Å². The average Bonchev–Trinajstić information content (AvgIpc) is 3.45. The number of aryl methyl sites for hydroxylation is 1. The molecule has 3 atom stereocenters. The molecular formula is C24H23N3O2. The Morgan fingerprint density at radius 2 is 1.90 bits per heavy atom. The molecule has 2 aliphatic rings. The SMILES string of the molecule is Cn1ccnc1C1C[C@H]2CC[C@@H](C1)N2C(=O)c1coc(C#Cc2ccccc2)c1. The van der Waals surface area contributed by atoms with Crippen molar-refractivity contribution in [3.05, 3.63) is 77.8 Å². The first-order valence-electron chi connectivity index (χ1n) is 10.1. The second-order valence-corrected chi connectivity index (χ2v) is 7.98. The van der Waals surface area contributed by atoms with Crippen molar-refractivity contribution in [3.63, 3.8) is 0 Å². The zero-order chi connectivity index (χ0) is 19.8. The van der Waals surface area contributed by atoms with E-state index < -0.39 is 0 Å². The van der Waals surface area contributed by atoms with E-state index in [0.29, 0.717) is 17.2 Å². The summed E-state index contributed by atoms with van der Waals surface area (Å²) in [5.41, 5.74) is 1.51. The Morgan fingerprint density at radius 3 is 2.59 bits per heavy atom. The van der Waals surface area contributed by atoms with Gasteiger partial charge in [0.25, 0.3) is 5.91 Å². The molecule has 1 aromatic carbocycles. The molecule has 146 valence electrons. The van der Waals surface area contributed by atoms with Gasteiger partial charge in [0.1, 0.15) is 12.1 Å². The van der Waals surface area contributed by atoms with E-state index in [-0.39, 0.29) is 18.0 Å². The van der Waals surface area contributed by atoms with Crippen molar-refractivity contribution in [3.8, 4) is 11.8 Å². The molecule has 2 saturated heterocycles. The highest BCUT2D eigenvalue weighted by molar-refractivity contribution is 5.95. The Morgan fingerprint density at radius 1 is 1.14 bits per heavy atom. The monoisotopic (exact) mass is 385 g/mol. The molecule has 2 aliphatic heterocycles. The fourth-order valence-corrected chi connectivity index (χ4v) is 4.81. The maximum absolute atomic E-state index is 13.2. The lowest BCUT2D eigenvalue weighted by Crippen LogP contribution is -2.46. The molecular weight excluding hydrogens is 362 g/mol. The minimum absolute atomic E-state index is 0.0623. The highest BCUT2D eigenvalue weighted by Crippen LogP contribution is 2.43. The van der Waals surface area contributed by atoms with Crippen LogP contribution in [0, 0.1) is 11.8 Å². The normalized spacial score (nSPS) is 22.9. The number of piperidine rings is 1. The molecule has 4 heterocycles. The lowest BCUT2D eigenvalue weighted by atomic mass is 9.89. The van der Waals surface area contributed by atoms with Crippen LogP contribution in [0.5, 0.6) is 0 Å². The van der Waals surface area contributed by atoms with Gasteiger partial charge in [-0.2, -0.15) is 0 Å². The molecule has 2 fully saturated rings. The number of rotatable bonds is 2. The molecule has 0 saturated carbocycles. The van der Waals surface area contributed by atoms with Gasteiger partial charge in [-0.15, -0.1) is 0 Å². The van der Waals surface area contributed by atoms with Crippen LogP contribution in [0.4, 0.5) is 0 Å². The number of fused-ring (bicyclic) bond motifs is 2. The summed E-state index contributed by atoms with van der Waals surface area (Å²) in [6.45, 7) is 0. The Labute approximate surface area is 170 Å². The second-order valence-electron chi connectivity index (χ2n) is 7.98. The number of benzene rings is 1. The van der Waals surface area contributed by atoms with Crippen LogP contribution in [0.1, 0.15) is 59.1 Å². The maximum Gasteiger partial charge on any atom is 0.257 e. The van der Waals surface area contributed by atoms with Gasteiger partial charge in [0, 0.05) is 49.1 Å². The number of carbonyl (C=O) groups is 1. The molecule has 5 heteroatoms. The summed E-state index contributed by atoms with van der Waals surface area (Å²) in [4.78, 5) is 19.8. The third-order valence-corrected chi connectivity index (χ3v) is 6.14. The highest BCUT2D eigenvalue weighted by Gasteiger charge is 2.44. The Bertz CT molecular complexity index is 1070. The van der Waals surface area contributed by atoms with Crippen LogP contribution in [0.25, 0.3) is 0 Å². The van der Waals surface area contributed by atoms with E-state index in [2.05, 4.69) is 26.3 Å². The number of hydrogen-bond acceptors (Lipinski definition) is 3. The summed E-state index contributed by atoms with van der Waals surface area (Å²) >= 11 is 0. The third-order valence-electron chi connectivity index (χ3n) is 6.14. The summed E-state index contributed by atoms with van der Waals surface area (Å²) in [6.07, 6.45) is 9.49. The van der Waals surface area contributed by atoms with Crippen molar-refractivity contribution in [2.24, 2.45) is 7.05 Å². The average molecular weight is 385 g/mol. The van der Waals surface area contributed by atoms with Crippen LogP contribution in [-0.2, 0) is 7.05 Å². The van der Waals surface area contributed by atoms with E-state index >= 15 is 0 Å². The van der Waals surface area contributed by atoms with Crippen LogP contribution in [0.15, 0.2) is 59.5 Å². The number of aromatic nitrogens is 2. The number of nitrogens with zero attached hydrogens (tertiary/aromatic N) is 3. The van der Waals surface area contributed by atoms with Crippen LogP contribution < -0.4 is 0 Å². The lowest BCUT2D eigenvalue weighted by molar-refractivity contribution is 0.0566. The number of carbonyl (C=O) groups excluding carboxylic acids is 1. The third kappa shape index (κ3) is 3.36. The van der Waals surface area contributed by atoms with Crippen LogP contribution >= 0.6 is 0 Å². The summed E-state index contributed by atoms with van der Waals surface area (Å²) in [5, 5.41) is 0. The van der Waals surface area contributed by atoms with Gasteiger partial charge in [0.15, 0.2) is 5.76 Å². The lowest BCUT2D eigenvalue weighted by Gasteiger charge is -2.38. The maximum atomic E-state index is 13.2. The van der Waals surface area contributed by atoms with Crippen molar-refractivity contribution < 1.29 is 9.21 Å². The van der Waals surface area contributed by atoms with Crippen LogP contribution in [-0.4, -0.2) is 32.4 Å². The first-order chi connectivity index (χ1) is 14.2. The first kappa shape index (κ1) is 17.8. The predicted octanol–water partition coefficient (Wildman–Crippen LogP) is 3.96. The summed E-state index contributed by atoms with van der Waals surface area (Å²) in [6, 6.07) is 12.1. The number of imidazole rings is 1. The van der Waals surface area contributed by atoms with Gasteiger partial charge >= 0.3 is 0 Å². The smallest absolute Gasteiger partial charge is 0.257 e. The highest BCUT2D eigenvalue weighted by atomic mass is 16.3. The van der Waals surface area contributed by atoms with Crippen molar-refractivity contribution in [2.75, 3.05) is 0 Å². The van der Waals surface area contributed by atoms with Crippen LogP contribution in [0.2, 0.25) is 0 Å². The molecule has 0 radical (unpaired) electrons. The first-order valence-corrected chi connectivity index (χ1v) is 10.1. The Kier molecular flexibility index (Phi) is 4.48. The zero-order valence-electron chi connectivity index (χ0n) is 16.4. The van der Waals surface area contributed by atoms with Gasteiger partial charge in [-0.1, -0.05) is 24.1 Å². The molecule has 1 amide bonds. The number of amides is 1. The largest absolute Gasteiger partial charge is 0.455 e. The molecule has 0 N–H and O–H groups in total. The fraction of sp³-hybridized carbons (Fsp3) is 0.333. The van der Waals surface area contributed by atoms with E-state index in [9.17, 15) is 4.79 Å². The van der Waals surface area contributed by atoms with Gasteiger partial charge in [-0.25, -0.2) is 4.98 Å². The summed E-state index contributed by atoms with van der Waals surface area (Å²) in [7, 11) is 2.05. The van der Waals surface area contributed by atoms with Crippen molar-refractivity contribution in [1.82, 2.24) is 14.5 Å². The second kappa shape index (κ2) is 7.29. The van der Waals surface area contributed by atoms with E-state index in [1.54, 1.807) is 12.3 Å². The van der Waals surface area contributed by atoms with E-state index in [1.165, 1.54) is 0 Å². The Balaban J connectivity index is 1.31. The Hall–Kier alpha value is -3.26. The zero-order valence-corrected chi connectivity index (χ0v) is 16.4. The van der Waals surface area contributed by atoms with E-state index in [4.69, 9.17) is 4.42 Å². The van der Waals surface area contributed by atoms with Crippen LogP contribution in [0.3, 0.4) is 0 Å². The predicted molar refractivity (Wildman–Crippen MR) is 109 cm³/mol. The van der Waals surface area contributed by atoms with Gasteiger partial charge in [0.2, 0.25) is 0 Å². The molecule has 5 rings (SSSR count). The summed E-state index contributed by atoms with van der Waals surface area (Å²) in [5.74, 6) is 8.22. The molecule has 0 aliphatic carbocycles. The molecule has 5 nitrogen and oxygen atoms in total. The minimum Gasteiger partial charge on any atom is -0.455 e. The van der Waals surface area contributed by atoms with Crippen molar-refractivity contribution in [2.45, 2.75) is 43.7 Å². The van der Waals surface area contributed by atoms with Gasteiger partial charge < -0.3 is 13.9 Å². The quantitative estimate of drug-likeness (QED) is 0.628. The molecule has 1 unspecified atom stereocenters. The van der Waals surface area contributed by atoms with Crippen molar-refractivity contribution >= 4 is 5.91 Å². The van der Waals surface area contributed by atoms with Gasteiger partial charge in [-0.05, 0) is 43.7 Å². The molecule has 2 bridgehead atoms. The molecule has 2 aromatic heterocycles. The fourth-order valence-electron chi connectivity index (χ4n) is 4.81. The molecule has 3 aromatic rings. The van der Waals surface area contributed by atoms with Gasteiger partial charge in [0.05, 0.1) is 5.56 Å². The van der Waals surface area contributed by atoms with Gasteiger partial charge in [-0.3, -0.25) is 4.79 Å². The minimum atomic E-state index is 0.0623. The molecule has 0 spiro atoms. The molecule has 29 heavy (non-hydrogen) atoms. The van der Waals surface area contributed by atoms with E-state index in [1.807, 2.05) is 49.8 Å². The number of furan rings is 1. The topological polar surface area (TPSA) is 51.3 Å².